The van der Waals surface area contributed by atoms with E-state index in [2.05, 4.69) is 10.3 Å². The van der Waals surface area contributed by atoms with Gasteiger partial charge < -0.3 is 10.1 Å². The molecule has 0 aliphatic heterocycles. The predicted molar refractivity (Wildman–Crippen MR) is 93.6 cm³/mol. The van der Waals surface area contributed by atoms with Crippen LogP contribution < -0.4 is 10.1 Å². The van der Waals surface area contributed by atoms with Crippen molar-refractivity contribution in [1.29, 1.82) is 0 Å². The van der Waals surface area contributed by atoms with E-state index < -0.39 is 0 Å². The molecule has 1 heterocycles. The van der Waals surface area contributed by atoms with E-state index in [1.807, 2.05) is 54.8 Å². The number of nitrogens with zero attached hydrogens (tertiary/aromatic N) is 1. The zero-order valence-corrected chi connectivity index (χ0v) is 13.8. The van der Waals surface area contributed by atoms with Crippen LogP contribution in [0.3, 0.4) is 0 Å². The second kappa shape index (κ2) is 6.38. The summed E-state index contributed by atoms with van der Waals surface area (Å²) in [5.74, 6) is 0.839. The van der Waals surface area contributed by atoms with Gasteiger partial charge in [-0.15, -0.1) is 11.3 Å². The Morgan fingerprint density at radius 1 is 1.14 bits per heavy atom. The summed E-state index contributed by atoms with van der Waals surface area (Å²) in [5.41, 5.74) is 4.00. The highest BCUT2D eigenvalue weighted by molar-refractivity contribution is 7.14. The lowest BCUT2D eigenvalue weighted by Gasteiger charge is -2.04. The zero-order valence-electron chi connectivity index (χ0n) is 12.3. The van der Waals surface area contributed by atoms with Gasteiger partial charge in [-0.3, -0.25) is 0 Å². The van der Waals surface area contributed by atoms with E-state index in [0.29, 0.717) is 0 Å². The van der Waals surface area contributed by atoms with Crippen LogP contribution in [0.2, 0.25) is 5.02 Å². The number of methoxy groups -OCH3 is 1. The maximum atomic E-state index is 6.14. The number of halogens is 1. The maximum Gasteiger partial charge on any atom is 0.187 e. The second-order valence-corrected chi connectivity index (χ2v) is 6.12. The first-order chi connectivity index (χ1) is 10.7. The van der Waals surface area contributed by atoms with Crippen LogP contribution in [0.4, 0.5) is 10.8 Å². The predicted octanol–water partition coefficient (Wildman–Crippen LogP) is 5.52. The molecule has 0 atom stereocenters. The lowest BCUT2D eigenvalue weighted by atomic mass is 10.2. The monoisotopic (exact) mass is 330 g/mol. The van der Waals surface area contributed by atoms with Gasteiger partial charge in [-0.2, -0.15) is 0 Å². The molecule has 1 aromatic heterocycles. The molecule has 3 rings (SSSR count). The van der Waals surface area contributed by atoms with Crippen molar-refractivity contribution < 1.29 is 4.74 Å². The highest BCUT2D eigenvalue weighted by Gasteiger charge is 2.06. The van der Waals surface area contributed by atoms with Crippen LogP contribution in [-0.4, -0.2) is 12.1 Å². The lowest BCUT2D eigenvalue weighted by molar-refractivity contribution is 0.415. The van der Waals surface area contributed by atoms with Crippen molar-refractivity contribution in [2.75, 3.05) is 12.4 Å². The van der Waals surface area contributed by atoms with Crippen molar-refractivity contribution in [2.45, 2.75) is 6.92 Å². The Balaban J connectivity index is 1.79. The van der Waals surface area contributed by atoms with E-state index >= 15 is 0 Å². The first-order valence-electron chi connectivity index (χ1n) is 6.79. The summed E-state index contributed by atoms with van der Waals surface area (Å²) in [6.45, 7) is 1.98. The third-order valence-corrected chi connectivity index (χ3v) is 4.48. The van der Waals surface area contributed by atoms with E-state index in [0.717, 1.165) is 38.4 Å². The molecule has 0 unspecified atom stereocenters. The molecule has 0 aliphatic rings. The third-order valence-electron chi connectivity index (χ3n) is 3.31. The lowest BCUT2D eigenvalue weighted by Crippen LogP contribution is -1.90. The summed E-state index contributed by atoms with van der Waals surface area (Å²) in [5, 5.41) is 6.90. The highest BCUT2D eigenvalue weighted by atomic mass is 35.5. The Bertz CT molecular complexity index is 784. The molecule has 2 aromatic carbocycles. The van der Waals surface area contributed by atoms with E-state index in [9.17, 15) is 0 Å². The van der Waals surface area contributed by atoms with Crippen LogP contribution in [0, 0.1) is 6.92 Å². The molecule has 0 fully saturated rings. The number of aromatic nitrogens is 1. The number of thiazole rings is 1. The van der Waals surface area contributed by atoms with Gasteiger partial charge in [0, 0.05) is 21.7 Å². The van der Waals surface area contributed by atoms with E-state index in [4.69, 9.17) is 16.3 Å². The number of benzene rings is 2. The fourth-order valence-corrected chi connectivity index (χ4v) is 2.94. The highest BCUT2D eigenvalue weighted by Crippen LogP contribution is 2.29. The quantitative estimate of drug-likeness (QED) is 0.683. The summed E-state index contributed by atoms with van der Waals surface area (Å²) in [6.07, 6.45) is 0. The zero-order chi connectivity index (χ0) is 15.5. The van der Waals surface area contributed by atoms with Gasteiger partial charge in [-0.05, 0) is 48.9 Å². The molecule has 0 saturated carbocycles. The number of ether oxygens (including phenoxy) is 1. The topological polar surface area (TPSA) is 34.1 Å². The van der Waals surface area contributed by atoms with Gasteiger partial charge in [0.2, 0.25) is 0 Å². The minimum absolute atomic E-state index is 0.747. The van der Waals surface area contributed by atoms with Crippen LogP contribution in [0.5, 0.6) is 5.75 Å². The fraction of sp³-hybridized carbons (Fsp3) is 0.118. The second-order valence-electron chi connectivity index (χ2n) is 4.86. The van der Waals surface area contributed by atoms with Crippen LogP contribution >= 0.6 is 22.9 Å². The smallest absolute Gasteiger partial charge is 0.187 e. The van der Waals surface area contributed by atoms with Gasteiger partial charge in [0.05, 0.1) is 12.8 Å². The average molecular weight is 331 g/mol. The average Bonchev–Trinajstić information content (AvgIpc) is 2.99. The summed E-state index contributed by atoms with van der Waals surface area (Å²) in [7, 11) is 1.66. The van der Waals surface area contributed by atoms with Crippen molar-refractivity contribution in [2.24, 2.45) is 0 Å². The standard InChI is InChI=1S/C17H15ClN2OS/c1-11-3-6-13(9-15(11)18)19-17-20-16(10-22-17)12-4-7-14(21-2)8-5-12/h3-10H,1-2H3,(H,19,20). The Kier molecular flexibility index (Phi) is 4.32. The van der Waals surface area contributed by atoms with Crippen molar-refractivity contribution in [3.63, 3.8) is 0 Å². The molecule has 0 radical (unpaired) electrons. The molecule has 1 N–H and O–H groups in total. The molecular formula is C17H15ClN2OS. The van der Waals surface area contributed by atoms with E-state index in [-0.39, 0.29) is 0 Å². The van der Waals surface area contributed by atoms with E-state index in [1.54, 1.807) is 18.4 Å². The fourth-order valence-electron chi connectivity index (χ4n) is 2.02. The summed E-state index contributed by atoms with van der Waals surface area (Å²) < 4.78 is 5.17. The maximum absolute atomic E-state index is 6.14. The molecular weight excluding hydrogens is 316 g/mol. The minimum Gasteiger partial charge on any atom is -0.497 e. The third kappa shape index (κ3) is 3.24. The summed E-state index contributed by atoms with van der Waals surface area (Å²) in [6, 6.07) is 13.8. The molecule has 3 aromatic rings. The van der Waals surface area contributed by atoms with Crippen molar-refractivity contribution in [3.05, 3.63) is 58.4 Å². The Morgan fingerprint density at radius 2 is 1.91 bits per heavy atom. The molecule has 0 aliphatic carbocycles. The van der Waals surface area contributed by atoms with Gasteiger partial charge in [0.25, 0.3) is 0 Å². The Morgan fingerprint density at radius 3 is 2.59 bits per heavy atom. The van der Waals surface area contributed by atoms with Crippen molar-refractivity contribution >= 4 is 33.8 Å². The van der Waals surface area contributed by atoms with Gasteiger partial charge in [-0.1, -0.05) is 17.7 Å². The van der Waals surface area contributed by atoms with Crippen LogP contribution in [0.25, 0.3) is 11.3 Å². The first-order valence-corrected chi connectivity index (χ1v) is 8.04. The molecule has 0 amide bonds. The number of rotatable bonds is 4. The molecule has 0 spiro atoms. The molecule has 22 heavy (non-hydrogen) atoms. The van der Waals surface area contributed by atoms with Crippen LogP contribution in [0.1, 0.15) is 5.56 Å². The van der Waals surface area contributed by atoms with Crippen molar-refractivity contribution in [3.8, 4) is 17.0 Å². The minimum atomic E-state index is 0.747. The van der Waals surface area contributed by atoms with Crippen LogP contribution in [-0.2, 0) is 0 Å². The van der Waals surface area contributed by atoms with Crippen LogP contribution in [0.15, 0.2) is 47.8 Å². The number of nitrogens with one attached hydrogen (secondary N) is 1. The summed E-state index contributed by atoms with van der Waals surface area (Å²) in [4.78, 5) is 4.61. The first kappa shape index (κ1) is 14.9. The Labute approximate surface area is 138 Å². The largest absolute Gasteiger partial charge is 0.497 e. The number of hydrogen-bond donors (Lipinski definition) is 1. The SMILES string of the molecule is COc1ccc(-c2csc(Nc3ccc(C)c(Cl)c3)n2)cc1. The molecule has 0 saturated heterocycles. The summed E-state index contributed by atoms with van der Waals surface area (Å²) >= 11 is 7.70. The molecule has 5 heteroatoms. The van der Waals surface area contributed by atoms with Gasteiger partial charge >= 0.3 is 0 Å². The molecule has 112 valence electrons. The van der Waals surface area contributed by atoms with Gasteiger partial charge in [-0.25, -0.2) is 4.98 Å². The van der Waals surface area contributed by atoms with Crippen molar-refractivity contribution in [1.82, 2.24) is 4.98 Å². The number of anilines is 2. The number of aryl methyl sites for hydroxylation is 1. The molecule has 0 bridgehead atoms. The Hall–Kier alpha value is -2.04. The molecule has 3 nitrogen and oxygen atoms in total. The number of hydrogen-bond acceptors (Lipinski definition) is 4. The normalized spacial score (nSPS) is 10.5. The van der Waals surface area contributed by atoms with E-state index in [1.165, 1.54) is 0 Å². The van der Waals surface area contributed by atoms with Gasteiger partial charge in [0.1, 0.15) is 5.75 Å². The van der Waals surface area contributed by atoms with Gasteiger partial charge in [0.15, 0.2) is 5.13 Å².